The van der Waals surface area contributed by atoms with E-state index in [4.69, 9.17) is 4.84 Å². The maximum Gasteiger partial charge on any atom is 0.433 e. The highest BCUT2D eigenvalue weighted by molar-refractivity contribution is 8.13. The largest absolute Gasteiger partial charge is 0.433 e. The number of halogens is 3. The number of hydrogen-bond acceptors (Lipinski definition) is 4. The molecule has 1 N–H and O–H groups in total. The maximum absolute atomic E-state index is 12.9. The molecule has 0 amide bonds. The van der Waals surface area contributed by atoms with Crippen LogP contribution >= 0.6 is 11.8 Å². The molecule has 5 nitrogen and oxygen atoms in total. The molecule has 2 heterocycles. The molecule has 1 aromatic heterocycles. The Morgan fingerprint density at radius 2 is 2.15 bits per heavy atom. The molecule has 0 fully saturated rings. The third-order valence-corrected chi connectivity index (χ3v) is 4.27. The molecule has 2 rings (SSSR count). The molecule has 0 spiro atoms. The van der Waals surface area contributed by atoms with E-state index in [1.54, 1.807) is 0 Å². The minimum Gasteiger partial charge on any atom is -0.394 e. The third kappa shape index (κ3) is 2.72. The lowest BCUT2D eigenvalue weighted by molar-refractivity contribution is -0.144. The number of hydrogen-bond donors (Lipinski definition) is 1. The molecule has 0 unspecified atom stereocenters. The fourth-order valence-electron chi connectivity index (χ4n) is 1.88. The first kappa shape index (κ1) is 15.0. The van der Waals surface area contributed by atoms with Crippen LogP contribution in [0.15, 0.2) is 9.95 Å². The first-order valence-corrected chi connectivity index (χ1v) is 6.80. The molecule has 1 aliphatic rings. The van der Waals surface area contributed by atoms with E-state index in [9.17, 15) is 18.0 Å². The first-order valence-electron chi connectivity index (χ1n) is 5.81. The predicted molar refractivity (Wildman–Crippen MR) is 69.5 cm³/mol. The Hall–Kier alpha value is -1.38. The summed E-state index contributed by atoms with van der Waals surface area (Å²) in [4.78, 5) is 16.6. The number of aromatic nitrogens is 2. The summed E-state index contributed by atoms with van der Waals surface area (Å²) < 4.78 is 39.5. The standard InChI is InChI=1S/C11H14F3N3O2S/c1-10(2)5-19-16-9(10)20-4-6-7(11(12,13)14)17(3)15-8(6)18/h4-5H2,1-3H3,(H,15,18). The van der Waals surface area contributed by atoms with Crippen molar-refractivity contribution in [1.29, 1.82) is 0 Å². The van der Waals surface area contributed by atoms with Gasteiger partial charge in [0.25, 0.3) is 5.56 Å². The number of oxime groups is 1. The summed E-state index contributed by atoms with van der Waals surface area (Å²) >= 11 is 1.09. The lowest BCUT2D eigenvalue weighted by atomic mass is 9.97. The Bertz CT molecular complexity index is 601. The van der Waals surface area contributed by atoms with Crippen LogP contribution in [0.3, 0.4) is 0 Å². The van der Waals surface area contributed by atoms with Gasteiger partial charge >= 0.3 is 6.18 Å². The number of alkyl halides is 3. The molecular formula is C11H14F3N3O2S. The molecule has 0 radical (unpaired) electrons. The van der Waals surface area contributed by atoms with Crippen LogP contribution in [0.1, 0.15) is 25.1 Å². The minimum absolute atomic E-state index is 0.101. The van der Waals surface area contributed by atoms with Crippen LogP contribution in [0.25, 0.3) is 0 Å². The summed E-state index contributed by atoms with van der Waals surface area (Å²) in [6.45, 7) is 4.14. The Morgan fingerprint density at radius 3 is 2.65 bits per heavy atom. The number of aryl methyl sites for hydroxylation is 1. The van der Waals surface area contributed by atoms with Crippen LogP contribution in [-0.2, 0) is 23.8 Å². The normalized spacial score (nSPS) is 18.0. The van der Waals surface area contributed by atoms with E-state index in [1.807, 2.05) is 13.8 Å². The highest BCUT2D eigenvalue weighted by Crippen LogP contribution is 2.35. The highest BCUT2D eigenvalue weighted by atomic mass is 32.2. The molecule has 0 bridgehead atoms. The quantitative estimate of drug-likeness (QED) is 0.912. The summed E-state index contributed by atoms with van der Waals surface area (Å²) in [5.41, 5.74) is -2.32. The van der Waals surface area contributed by atoms with E-state index in [0.29, 0.717) is 16.3 Å². The minimum atomic E-state index is -4.58. The van der Waals surface area contributed by atoms with Gasteiger partial charge in [-0.25, -0.2) is 0 Å². The molecule has 9 heteroatoms. The number of nitrogens with zero attached hydrogens (tertiary/aromatic N) is 2. The van der Waals surface area contributed by atoms with Crippen LogP contribution in [0.4, 0.5) is 13.2 Å². The average Bonchev–Trinajstić information content (AvgIpc) is 2.74. The van der Waals surface area contributed by atoms with Crippen LogP contribution < -0.4 is 5.56 Å². The summed E-state index contributed by atoms with van der Waals surface area (Å²) in [7, 11) is 1.17. The number of H-pyrrole nitrogens is 1. The molecule has 0 saturated heterocycles. The van der Waals surface area contributed by atoms with Gasteiger partial charge in [0.1, 0.15) is 17.3 Å². The zero-order valence-electron chi connectivity index (χ0n) is 11.2. The van der Waals surface area contributed by atoms with Crippen LogP contribution in [-0.4, -0.2) is 21.4 Å². The molecule has 1 aliphatic heterocycles. The Balaban J connectivity index is 2.25. The van der Waals surface area contributed by atoms with E-state index >= 15 is 0 Å². The molecular weight excluding hydrogens is 295 g/mol. The number of thioether (sulfide) groups is 1. The van der Waals surface area contributed by atoms with Gasteiger partial charge in [-0.05, 0) is 0 Å². The zero-order chi connectivity index (χ0) is 15.1. The second kappa shape index (κ2) is 4.87. The monoisotopic (exact) mass is 309 g/mol. The van der Waals surface area contributed by atoms with Crippen molar-refractivity contribution < 1.29 is 18.0 Å². The Labute approximate surface area is 117 Å². The van der Waals surface area contributed by atoms with Crippen molar-refractivity contribution in [2.24, 2.45) is 17.6 Å². The molecule has 0 aliphatic carbocycles. The molecule has 0 atom stereocenters. The van der Waals surface area contributed by atoms with E-state index in [0.717, 1.165) is 11.8 Å². The second-order valence-corrected chi connectivity index (χ2v) is 6.13. The average molecular weight is 309 g/mol. The molecule has 112 valence electrons. The lowest BCUT2D eigenvalue weighted by Gasteiger charge is -2.16. The van der Waals surface area contributed by atoms with Crippen molar-refractivity contribution in [3.8, 4) is 0 Å². The molecule has 0 saturated carbocycles. The van der Waals surface area contributed by atoms with E-state index in [-0.39, 0.29) is 16.7 Å². The van der Waals surface area contributed by atoms with Gasteiger partial charge in [-0.3, -0.25) is 14.6 Å². The highest BCUT2D eigenvalue weighted by Gasteiger charge is 2.39. The molecule has 1 aromatic rings. The van der Waals surface area contributed by atoms with Gasteiger partial charge in [-0.15, -0.1) is 11.8 Å². The van der Waals surface area contributed by atoms with Gasteiger partial charge in [0.05, 0.1) is 11.0 Å². The van der Waals surface area contributed by atoms with Crippen molar-refractivity contribution in [3.63, 3.8) is 0 Å². The Kier molecular flexibility index (Phi) is 3.66. The zero-order valence-corrected chi connectivity index (χ0v) is 12.0. The van der Waals surface area contributed by atoms with Gasteiger partial charge in [-0.2, -0.15) is 13.2 Å². The smallest absolute Gasteiger partial charge is 0.394 e. The van der Waals surface area contributed by atoms with Gasteiger partial charge in [-0.1, -0.05) is 19.0 Å². The van der Waals surface area contributed by atoms with Crippen molar-refractivity contribution in [2.75, 3.05) is 6.61 Å². The van der Waals surface area contributed by atoms with Crippen molar-refractivity contribution in [2.45, 2.75) is 25.8 Å². The van der Waals surface area contributed by atoms with E-state index in [2.05, 4.69) is 10.3 Å². The second-order valence-electron chi connectivity index (χ2n) is 5.17. The van der Waals surface area contributed by atoms with Crippen LogP contribution in [0, 0.1) is 5.41 Å². The summed E-state index contributed by atoms with van der Waals surface area (Å²) in [6.07, 6.45) is -4.58. The van der Waals surface area contributed by atoms with Crippen LogP contribution in [0.2, 0.25) is 0 Å². The fourth-order valence-corrected chi connectivity index (χ4v) is 2.98. The number of rotatable bonds is 2. The van der Waals surface area contributed by atoms with E-state index < -0.39 is 17.4 Å². The number of aromatic amines is 1. The molecule has 20 heavy (non-hydrogen) atoms. The van der Waals surface area contributed by atoms with Crippen molar-refractivity contribution in [3.05, 3.63) is 21.6 Å². The number of nitrogens with one attached hydrogen (secondary N) is 1. The fraction of sp³-hybridized carbons (Fsp3) is 0.636. The van der Waals surface area contributed by atoms with Crippen molar-refractivity contribution >= 4 is 16.8 Å². The van der Waals surface area contributed by atoms with Gasteiger partial charge in [0, 0.05) is 12.8 Å². The predicted octanol–water partition coefficient (Wildman–Crippen LogP) is 2.34. The Morgan fingerprint density at radius 1 is 1.50 bits per heavy atom. The molecule has 0 aromatic carbocycles. The van der Waals surface area contributed by atoms with Gasteiger partial charge < -0.3 is 4.84 Å². The maximum atomic E-state index is 12.9. The lowest BCUT2D eigenvalue weighted by Crippen LogP contribution is -2.21. The third-order valence-electron chi connectivity index (χ3n) is 2.94. The topological polar surface area (TPSA) is 59.4 Å². The van der Waals surface area contributed by atoms with Crippen LogP contribution in [0.5, 0.6) is 0 Å². The first-order chi connectivity index (χ1) is 9.13. The summed E-state index contributed by atoms with van der Waals surface area (Å²) in [5.74, 6) is -0.101. The van der Waals surface area contributed by atoms with Crippen molar-refractivity contribution in [1.82, 2.24) is 9.78 Å². The summed E-state index contributed by atoms with van der Waals surface area (Å²) in [6, 6.07) is 0. The van der Waals surface area contributed by atoms with E-state index in [1.165, 1.54) is 7.05 Å². The summed E-state index contributed by atoms with van der Waals surface area (Å²) in [5, 5.41) is 6.54. The van der Waals surface area contributed by atoms with Gasteiger partial charge in [0.2, 0.25) is 0 Å². The van der Waals surface area contributed by atoms with Gasteiger partial charge in [0.15, 0.2) is 0 Å². The SMILES string of the molecule is Cn1[nH]c(=O)c(CSC2=NOCC2(C)C)c1C(F)(F)F.